The standard InChI is InChI=1S/C10H8Cl3NO3/c1-2-4(10(16)17)8(15)5-3-14-9(13)7(12)6(5)11/h3-4H,2H2,1H3,(H,16,17). The molecule has 1 rings (SSSR count). The first-order chi connectivity index (χ1) is 7.90. The van der Waals surface area contributed by atoms with Crippen molar-refractivity contribution in [3.63, 3.8) is 0 Å². The van der Waals surface area contributed by atoms with Gasteiger partial charge in [-0.1, -0.05) is 41.7 Å². The minimum absolute atomic E-state index is 0.0309. The fraction of sp³-hybridized carbons (Fsp3) is 0.300. The van der Waals surface area contributed by atoms with Crippen molar-refractivity contribution in [3.05, 3.63) is 27.0 Å². The van der Waals surface area contributed by atoms with Crippen molar-refractivity contribution in [2.75, 3.05) is 0 Å². The van der Waals surface area contributed by atoms with Crippen molar-refractivity contribution in [1.82, 2.24) is 4.98 Å². The number of hydrogen-bond acceptors (Lipinski definition) is 3. The van der Waals surface area contributed by atoms with Crippen LogP contribution in [-0.4, -0.2) is 21.8 Å². The highest BCUT2D eigenvalue weighted by molar-refractivity contribution is 6.48. The van der Waals surface area contributed by atoms with E-state index in [0.29, 0.717) is 0 Å². The molecule has 0 radical (unpaired) electrons. The Morgan fingerprint density at radius 3 is 2.41 bits per heavy atom. The Hall–Kier alpha value is -0.840. The second kappa shape index (κ2) is 5.67. The molecule has 0 bridgehead atoms. The van der Waals surface area contributed by atoms with E-state index in [1.165, 1.54) is 0 Å². The Balaban J connectivity index is 3.21. The lowest BCUT2D eigenvalue weighted by Crippen LogP contribution is -2.23. The van der Waals surface area contributed by atoms with Gasteiger partial charge in [-0.15, -0.1) is 0 Å². The first kappa shape index (κ1) is 14.2. The fourth-order valence-corrected chi connectivity index (χ4v) is 1.85. The van der Waals surface area contributed by atoms with Gasteiger partial charge in [0.15, 0.2) is 5.78 Å². The first-order valence-corrected chi connectivity index (χ1v) is 5.80. The van der Waals surface area contributed by atoms with Crippen LogP contribution in [-0.2, 0) is 4.79 Å². The van der Waals surface area contributed by atoms with Crippen LogP contribution in [0.2, 0.25) is 15.2 Å². The summed E-state index contributed by atoms with van der Waals surface area (Å²) in [6, 6.07) is 0. The van der Waals surface area contributed by atoms with Crippen LogP contribution in [0.4, 0.5) is 0 Å². The van der Waals surface area contributed by atoms with Gasteiger partial charge >= 0.3 is 5.97 Å². The van der Waals surface area contributed by atoms with Gasteiger partial charge in [-0.2, -0.15) is 0 Å². The van der Waals surface area contributed by atoms with Crippen LogP contribution in [0.3, 0.4) is 0 Å². The monoisotopic (exact) mass is 295 g/mol. The molecule has 0 aliphatic heterocycles. The van der Waals surface area contributed by atoms with Gasteiger partial charge in [0, 0.05) is 6.20 Å². The fourth-order valence-electron chi connectivity index (χ4n) is 1.28. The van der Waals surface area contributed by atoms with Crippen molar-refractivity contribution >= 4 is 46.6 Å². The number of aromatic nitrogens is 1. The van der Waals surface area contributed by atoms with Gasteiger partial charge in [-0.3, -0.25) is 9.59 Å². The number of Topliss-reactive ketones (excluding diaryl/α,β-unsaturated/α-hetero) is 1. The molecule has 1 aromatic rings. The molecule has 92 valence electrons. The predicted molar refractivity (Wildman–Crippen MR) is 65.0 cm³/mol. The molecule has 0 fully saturated rings. The molecular formula is C10H8Cl3NO3. The van der Waals surface area contributed by atoms with Crippen molar-refractivity contribution in [2.45, 2.75) is 13.3 Å². The molecule has 0 aliphatic carbocycles. The average molecular weight is 297 g/mol. The molecule has 0 aromatic carbocycles. The van der Waals surface area contributed by atoms with Crippen molar-refractivity contribution in [1.29, 1.82) is 0 Å². The number of carboxylic acid groups (broad SMARTS) is 1. The van der Waals surface area contributed by atoms with Crippen LogP contribution < -0.4 is 0 Å². The number of carboxylic acids is 1. The molecule has 1 heterocycles. The van der Waals surface area contributed by atoms with E-state index >= 15 is 0 Å². The first-order valence-electron chi connectivity index (χ1n) is 4.66. The number of hydrogen-bond donors (Lipinski definition) is 1. The minimum atomic E-state index is -1.21. The maximum atomic E-state index is 11.9. The van der Waals surface area contributed by atoms with E-state index in [9.17, 15) is 9.59 Å². The molecule has 0 amide bonds. The summed E-state index contributed by atoms with van der Waals surface area (Å²) in [7, 11) is 0. The summed E-state index contributed by atoms with van der Waals surface area (Å²) < 4.78 is 0. The average Bonchev–Trinajstić information content (AvgIpc) is 2.26. The Kier molecular flexibility index (Phi) is 4.74. The third kappa shape index (κ3) is 2.89. The topological polar surface area (TPSA) is 67.3 Å². The number of carbonyl (C=O) groups excluding carboxylic acids is 1. The van der Waals surface area contributed by atoms with Crippen molar-refractivity contribution < 1.29 is 14.7 Å². The highest BCUT2D eigenvalue weighted by Crippen LogP contribution is 2.32. The van der Waals surface area contributed by atoms with E-state index in [2.05, 4.69) is 4.98 Å². The molecule has 0 spiro atoms. The number of ketones is 1. The van der Waals surface area contributed by atoms with Gasteiger partial charge in [0.25, 0.3) is 0 Å². The van der Waals surface area contributed by atoms with Crippen molar-refractivity contribution in [2.24, 2.45) is 5.92 Å². The van der Waals surface area contributed by atoms with Crippen LogP contribution in [0, 0.1) is 5.92 Å². The smallest absolute Gasteiger partial charge is 0.314 e. The summed E-state index contributed by atoms with van der Waals surface area (Å²) in [6.07, 6.45) is 1.29. The van der Waals surface area contributed by atoms with Gasteiger partial charge in [0.2, 0.25) is 0 Å². The number of carbonyl (C=O) groups is 2. The zero-order chi connectivity index (χ0) is 13.2. The van der Waals surface area contributed by atoms with Crippen LogP contribution >= 0.6 is 34.8 Å². The van der Waals surface area contributed by atoms with Gasteiger partial charge in [-0.25, -0.2) is 4.98 Å². The molecule has 0 saturated heterocycles. The second-order valence-electron chi connectivity index (χ2n) is 3.25. The number of halogens is 3. The molecule has 17 heavy (non-hydrogen) atoms. The lowest BCUT2D eigenvalue weighted by molar-refractivity contribution is -0.140. The van der Waals surface area contributed by atoms with Gasteiger partial charge in [0.1, 0.15) is 11.1 Å². The third-order valence-electron chi connectivity index (χ3n) is 2.21. The molecule has 1 aromatic heterocycles. The molecule has 1 unspecified atom stereocenters. The third-order valence-corrected chi connectivity index (χ3v) is 3.45. The highest BCUT2D eigenvalue weighted by Gasteiger charge is 2.28. The summed E-state index contributed by atoms with van der Waals surface area (Å²) in [4.78, 5) is 26.4. The highest BCUT2D eigenvalue weighted by atomic mass is 35.5. The number of rotatable bonds is 4. The van der Waals surface area contributed by atoms with E-state index in [1.54, 1.807) is 6.92 Å². The summed E-state index contributed by atoms with van der Waals surface area (Å²) in [5, 5.41) is 8.72. The lowest BCUT2D eigenvalue weighted by Gasteiger charge is -2.10. The van der Waals surface area contributed by atoms with E-state index in [0.717, 1.165) is 6.20 Å². The number of nitrogens with zero attached hydrogens (tertiary/aromatic N) is 1. The largest absolute Gasteiger partial charge is 0.481 e. The predicted octanol–water partition coefficient (Wildman–Crippen LogP) is 3.34. The van der Waals surface area contributed by atoms with Gasteiger partial charge in [-0.05, 0) is 6.42 Å². The zero-order valence-corrected chi connectivity index (χ0v) is 11.0. The Morgan fingerprint density at radius 2 is 1.94 bits per heavy atom. The van der Waals surface area contributed by atoms with Crippen molar-refractivity contribution in [3.8, 4) is 0 Å². The minimum Gasteiger partial charge on any atom is -0.481 e. The van der Waals surface area contributed by atoms with Crippen LogP contribution in [0.1, 0.15) is 23.7 Å². The molecule has 0 aliphatic rings. The summed E-state index contributed by atoms with van der Waals surface area (Å²) >= 11 is 17.2. The second-order valence-corrected chi connectivity index (χ2v) is 4.37. The Labute approximate surface area is 113 Å². The van der Waals surface area contributed by atoms with Crippen LogP contribution in [0.15, 0.2) is 6.20 Å². The van der Waals surface area contributed by atoms with Crippen LogP contribution in [0.25, 0.3) is 0 Å². The Morgan fingerprint density at radius 1 is 1.35 bits per heavy atom. The van der Waals surface area contributed by atoms with E-state index in [-0.39, 0.29) is 27.2 Å². The number of pyridine rings is 1. The quantitative estimate of drug-likeness (QED) is 0.526. The van der Waals surface area contributed by atoms with Crippen LogP contribution in [0.5, 0.6) is 0 Å². The van der Waals surface area contributed by atoms with E-state index < -0.39 is 17.7 Å². The lowest BCUT2D eigenvalue weighted by atomic mass is 9.96. The maximum Gasteiger partial charge on any atom is 0.314 e. The van der Waals surface area contributed by atoms with E-state index in [4.69, 9.17) is 39.9 Å². The normalized spacial score (nSPS) is 12.2. The summed E-state index contributed by atoms with van der Waals surface area (Å²) in [6.45, 7) is 1.59. The molecule has 1 N–H and O–H groups in total. The van der Waals surface area contributed by atoms with E-state index in [1.807, 2.05) is 0 Å². The Bertz CT molecular complexity index is 476. The maximum absolute atomic E-state index is 11.9. The summed E-state index contributed by atoms with van der Waals surface area (Å²) in [5.41, 5.74) is -0.0321. The molecule has 1 atom stereocenters. The van der Waals surface area contributed by atoms with Gasteiger partial charge in [0.05, 0.1) is 15.6 Å². The number of aliphatic carboxylic acids is 1. The zero-order valence-electron chi connectivity index (χ0n) is 8.71. The molecular weight excluding hydrogens is 288 g/mol. The molecule has 4 nitrogen and oxygen atoms in total. The molecule has 7 heteroatoms. The summed E-state index contributed by atoms with van der Waals surface area (Å²) in [5.74, 6) is -3.00. The SMILES string of the molecule is CCC(C(=O)O)C(=O)c1cnc(Cl)c(Cl)c1Cl. The molecule has 0 saturated carbocycles. The van der Waals surface area contributed by atoms with Gasteiger partial charge < -0.3 is 5.11 Å².